The Morgan fingerprint density at radius 2 is 1.38 bits per heavy atom. The van der Waals surface area contributed by atoms with Crippen LogP contribution in [0.3, 0.4) is 0 Å². The van der Waals surface area contributed by atoms with Gasteiger partial charge in [0.25, 0.3) is 0 Å². The highest BCUT2D eigenvalue weighted by molar-refractivity contribution is 9.10. The van der Waals surface area contributed by atoms with Crippen LogP contribution in [0.15, 0.2) is 123 Å². The lowest BCUT2D eigenvalue weighted by atomic mass is 9.95. The van der Waals surface area contributed by atoms with E-state index in [4.69, 9.17) is 18.7 Å². The molecular weight excluding hydrogens is 532 g/mol. The Balaban J connectivity index is 1.41. The maximum atomic E-state index is 11.0. The molecule has 2 heterocycles. The van der Waals surface area contributed by atoms with Crippen molar-refractivity contribution in [3.05, 3.63) is 131 Å². The smallest absolute Gasteiger partial charge is 0.307 e. The number of benzene rings is 3. The predicted molar refractivity (Wildman–Crippen MR) is 146 cm³/mol. The number of carbonyl (C=O) groups is 1. The second kappa shape index (κ2) is 11.2. The van der Waals surface area contributed by atoms with E-state index in [2.05, 4.69) is 40.2 Å². The molecule has 0 saturated carbocycles. The van der Waals surface area contributed by atoms with Gasteiger partial charge in [-0.1, -0.05) is 54.6 Å². The molecule has 3 aromatic carbocycles. The van der Waals surface area contributed by atoms with Crippen molar-refractivity contribution in [2.45, 2.75) is 6.42 Å². The zero-order valence-electron chi connectivity index (χ0n) is 19.8. The number of furan rings is 2. The molecule has 5 aromatic rings. The van der Waals surface area contributed by atoms with Gasteiger partial charge in [0.05, 0.1) is 23.4 Å². The normalized spacial score (nSPS) is 10.7. The molecule has 0 fully saturated rings. The zero-order valence-corrected chi connectivity index (χ0v) is 21.4. The van der Waals surface area contributed by atoms with E-state index in [0.29, 0.717) is 22.4 Å². The van der Waals surface area contributed by atoms with E-state index in [1.165, 1.54) is 0 Å². The second-order valence-corrected chi connectivity index (χ2v) is 9.23. The molecule has 6 heteroatoms. The number of carboxylic acids is 1. The quantitative estimate of drug-likeness (QED) is 0.199. The molecule has 0 spiro atoms. The van der Waals surface area contributed by atoms with Gasteiger partial charge in [-0.15, -0.1) is 0 Å². The van der Waals surface area contributed by atoms with E-state index < -0.39 is 5.97 Å². The highest BCUT2D eigenvalue weighted by atomic mass is 79.9. The van der Waals surface area contributed by atoms with Crippen molar-refractivity contribution < 1.29 is 23.5 Å². The molecule has 184 valence electrons. The van der Waals surface area contributed by atoms with Crippen molar-refractivity contribution in [3.8, 4) is 28.4 Å². The number of aliphatic carboxylic acids is 1. The maximum Gasteiger partial charge on any atom is 0.307 e. The summed E-state index contributed by atoms with van der Waals surface area (Å²) in [6, 6.07) is 29.4. The van der Waals surface area contributed by atoms with Gasteiger partial charge in [-0.25, -0.2) is 0 Å². The third kappa shape index (κ3) is 5.93. The van der Waals surface area contributed by atoms with Gasteiger partial charge in [0.1, 0.15) is 23.9 Å². The van der Waals surface area contributed by atoms with Crippen LogP contribution < -0.4 is 4.74 Å². The van der Waals surface area contributed by atoms with Crippen LogP contribution in [0.5, 0.6) is 5.75 Å². The molecule has 1 N–H and O–H groups in total. The summed E-state index contributed by atoms with van der Waals surface area (Å²) in [4.78, 5) is 11.0. The third-order valence-electron chi connectivity index (χ3n) is 5.88. The summed E-state index contributed by atoms with van der Waals surface area (Å²) in [5, 5.41) is 9.02. The van der Waals surface area contributed by atoms with Gasteiger partial charge >= 0.3 is 5.97 Å². The molecule has 0 saturated heterocycles. The standard InChI is InChI=1S/C31H23BrO5/c32-27-19-21(20-31(33)34)5-14-30(27)37-18-15-26(22-6-10-24(11-7-22)28-3-1-16-35-28)23-8-12-25(13-9-23)29-4-2-17-36-29/h1-17,19H,18,20H2,(H,33,34). The summed E-state index contributed by atoms with van der Waals surface area (Å²) in [5.74, 6) is 1.41. The van der Waals surface area contributed by atoms with Gasteiger partial charge < -0.3 is 18.7 Å². The van der Waals surface area contributed by atoms with Crippen molar-refractivity contribution in [2.75, 3.05) is 6.61 Å². The first-order valence-corrected chi connectivity index (χ1v) is 12.5. The zero-order chi connectivity index (χ0) is 25.6. The van der Waals surface area contributed by atoms with Gasteiger partial charge in [0, 0.05) is 11.1 Å². The second-order valence-electron chi connectivity index (χ2n) is 8.37. The number of hydrogen-bond donors (Lipinski definition) is 1. The molecule has 0 aliphatic carbocycles. The first-order valence-electron chi connectivity index (χ1n) is 11.7. The fourth-order valence-electron chi connectivity index (χ4n) is 4.08. The summed E-state index contributed by atoms with van der Waals surface area (Å²) in [7, 11) is 0. The van der Waals surface area contributed by atoms with Gasteiger partial charge in [-0.05, 0) is 80.7 Å². The number of rotatable bonds is 9. The van der Waals surface area contributed by atoms with Crippen LogP contribution in [0, 0.1) is 0 Å². The van der Waals surface area contributed by atoms with Gasteiger partial charge in [0.15, 0.2) is 0 Å². The molecule has 0 amide bonds. The largest absolute Gasteiger partial charge is 0.488 e. The molecule has 0 aliphatic rings. The lowest BCUT2D eigenvalue weighted by molar-refractivity contribution is -0.136. The summed E-state index contributed by atoms with van der Waals surface area (Å²) in [6.45, 7) is 0.325. The molecule has 37 heavy (non-hydrogen) atoms. The van der Waals surface area contributed by atoms with E-state index in [1.807, 2.05) is 54.6 Å². The topological polar surface area (TPSA) is 72.8 Å². The molecule has 0 unspecified atom stereocenters. The van der Waals surface area contributed by atoms with Crippen molar-refractivity contribution in [1.82, 2.24) is 0 Å². The highest BCUT2D eigenvalue weighted by Gasteiger charge is 2.10. The van der Waals surface area contributed by atoms with Gasteiger partial charge in [-0.2, -0.15) is 0 Å². The lowest BCUT2D eigenvalue weighted by Crippen LogP contribution is -2.01. The van der Waals surface area contributed by atoms with Crippen molar-refractivity contribution in [3.63, 3.8) is 0 Å². The average Bonchev–Trinajstić information content (AvgIpc) is 3.63. The minimum Gasteiger partial charge on any atom is -0.488 e. The van der Waals surface area contributed by atoms with E-state index >= 15 is 0 Å². The van der Waals surface area contributed by atoms with Crippen LogP contribution in [0.4, 0.5) is 0 Å². The van der Waals surface area contributed by atoms with Crippen LogP contribution in [-0.4, -0.2) is 17.7 Å². The van der Waals surface area contributed by atoms with Crippen LogP contribution >= 0.6 is 15.9 Å². The molecule has 2 aromatic heterocycles. The van der Waals surface area contributed by atoms with Gasteiger partial charge in [0.2, 0.25) is 0 Å². The van der Waals surface area contributed by atoms with E-state index in [1.54, 1.807) is 30.7 Å². The fourth-order valence-corrected chi connectivity index (χ4v) is 4.62. The minimum absolute atomic E-state index is 0.0368. The van der Waals surface area contributed by atoms with Gasteiger partial charge in [-0.3, -0.25) is 4.79 Å². The van der Waals surface area contributed by atoms with Crippen LogP contribution in [-0.2, 0) is 11.2 Å². The Kier molecular flexibility index (Phi) is 7.38. The third-order valence-corrected chi connectivity index (χ3v) is 6.50. The predicted octanol–water partition coefficient (Wildman–Crippen LogP) is 8.11. The Morgan fingerprint density at radius 3 is 1.84 bits per heavy atom. The molecule has 0 bridgehead atoms. The van der Waals surface area contributed by atoms with Crippen LogP contribution in [0.1, 0.15) is 16.7 Å². The summed E-state index contributed by atoms with van der Waals surface area (Å²) in [5.41, 5.74) is 5.82. The Hall–Kier alpha value is -4.29. The highest BCUT2D eigenvalue weighted by Crippen LogP contribution is 2.30. The lowest BCUT2D eigenvalue weighted by Gasteiger charge is -2.12. The Labute approximate surface area is 222 Å². The Bertz CT molecular complexity index is 1420. The molecule has 0 radical (unpaired) electrons. The van der Waals surface area contributed by atoms with Crippen LogP contribution in [0.25, 0.3) is 28.2 Å². The molecular formula is C31H23BrO5. The van der Waals surface area contributed by atoms with E-state index in [-0.39, 0.29) is 6.42 Å². The van der Waals surface area contributed by atoms with Crippen molar-refractivity contribution in [1.29, 1.82) is 0 Å². The first kappa shape index (κ1) is 24.4. The first-order chi connectivity index (χ1) is 18.1. The van der Waals surface area contributed by atoms with Crippen molar-refractivity contribution >= 4 is 27.5 Å². The van der Waals surface area contributed by atoms with E-state index in [9.17, 15) is 4.79 Å². The minimum atomic E-state index is -0.871. The fraction of sp³-hybridized carbons (Fsp3) is 0.0645. The maximum absolute atomic E-state index is 11.0. The molecule has 5 rings (SSSR count). The molecule has 0 atom stereocenters. The van der Waals surface area contributed by atoms with E-state index in [0.717, 1.165) is 39.3 Å². The van der Waals surface area contributed by atoms with Crippen LogP contribution in [0.2, 0.25) is 0 Å². The van der Waals surface area contributed by atoms with Crippen molar-refractivity contribution in [2.24, 2.45) is 0 Å². The number of halogens is 1. The number of carboxylic acid groups (broad SMARTS) is 1. The molecule has 0 aliphatic heterocycles. The summed E-state index contributed by atoms with van der Waals surface area (Å²) >= 11 is 3.49. The Morgan fingerprint density at radius 1 is 0.811 bits per heavy atom. The number of hydrogen-bond acceptors (Lipinski definition) is 4. The summed E-state index contributed by atoms with van der Waals surface area (Å²) < 4.78 is 17.8. The average molecular weight is 555 g/mol. The number of ether oxygens (including phenoxy) is 1. The summed E-state index contributed by atoms with van der Waals surface area (Å²) in [6.07, 6.45) is 5.34. The molecule has 5 nitrogen and oxygen atoms in total. The SMILES string of the molecule is O=C(O)Cc1ccc(OCC=C(c2ccc(-c3ccco3)cc2)c2ccc(-c3ccco3)cc2)c(Br)c1. The monoisotopic (exact) mass is 554 g/mol.